The summed E-state index contributed by atoms with van der Waals surface area (Å²) in [4.78, 5) is 0. The van der Waals surface area contributed by atoms with Crippen LogP contribution in [0.4, 0.5) is 5.69 Å². The lowest BCUT2D eigenvalue weighted by Crippen LogP contribution is -1.99. The largest absolute Gasteiger partial charge is 0.467 e. The van der Waals surface area contributed by atoms with Crippen molar-refractivity contribution in [2.24, 2.45) is 0 Å². The summed E-state index contributed by atoms with van der Waals surface area (Å²) < 4.78 is 6.30. The van der Waals surface area contributed by atoms with Crippen LogP contribution in [-0.2, 0) is 6.54 Å². The van der Waals surface area contributed by atoms with Gasteiger partial charge in [-0.15, -0.1) is 0 Å². The highest BCUT2D eigenvalue weighted by Gasteiger charge is 2.04. The predicted octanol–water partition coefficient (Wildman–Crippen LogP) is 4.62. The Morgan fingerprint density at radius 1 is 1.38 bits per heavy atom. The van der Waals surface area contributed by atoms with Crippen molar-refractivity contribution in [3.05, 3.63) is 51.3 Å². The molecule has 0 aliphatic carbocycles. The van der Waals surface area contributed by atoms with Gasteiger partial charge < -0.3 is 9.73 Å². The number of aryl methyl sites for hydroxylation is 1. The van der Waals surface area contributed by atoms with E-state index in [9.17, 15) is 0 Å². The highest BCUT2D eigenvalue weighted by molar-refractivity contribution is 9.10. The highest BCUT2D eigenvalue weighted by Crippen LogP contribution is 2.26. The lowest BCUT2D eigenvalue weighted by molar-refractivity contribution is 0.515. The average Bonchev–Trinajstić information content (AvgIpc) is 2.63. The van der Waals surface area contributed by atoms with Gasteiger partial charge in [-0.2, -0.15) is 0 Å². The molecule has 0 aliphatic rings. The van der Waals surface area contributed by atoms with E-state index in [1.165, 1.54) is 0 Å². The lowest BCUT2D eigenvalue weighted by atomic mass is 10.2. The van der Waals surface area contributed by atoms with Gasteiger partial charge in [0.05, 0.1) is 23.5 Å². The van der Waals surface area contributed by atoms with Gasteiger partial charge in [0, 0.05) is 4.47 Å². The minimum atomic E-state index is 0.639. The zero-order valence-corrected chi connectivity index (χ0v) is 11.1. The number of hydrogen-bond donors (Lipinski definition) is 1. The molecule has 0 amide bonds. The molecule has 16 heavy (non-hydrogen) atoms. The maximum absolute atomic E-state index is 6.09. The van der Waals surface area contributed by atoms with Gasteiger partial charge in [0.2, 0.25) is 0 Å². The minimum Gasteiger partial charge on any atom is -0.467 e. The number of hydrogen-bond acceptors (Lipinski definition) is 2. The molecule has 2 aromatic rings. The number of furan rings is 1. The molecule has 0 unspecified atom stereocenters. The molecule has 4 heteroatoms. The second-order valence-electron chi connectivity index (χ2n) is 3.50. The Bertz CT molecular complexity index is 496. The van der Waals surface area contributed by atoms with Gasteiger partial charge in [-0.05, 0) is 36.8 Å². The summed E-state index contributed by atoms with van der Waals surface area (Å²) in [7, 11) is 0. The van der Waals surface area contributed by atoms with Gasteiger partial charge in [-0.1, -0.05) is 27.5 Å². The third kappa shape index (κ3) is 2.60. The van der Waals surface area contributed by atoms with E-state index in [-0.39, 0.29) is 0 Å². The molecule has 0 saturated heterocycles. The van der Waals surface area contributed by atoms with Crippen LogP contribution in [-0.4, -0.2) is 0 Å². The van der Waals surface area contributed by atoms with E-state index >= 15 is 0 Å². The van der Waals surface area contributed by atoms with Gasteiger partial charge in [0.25, 0.3) is 0 Å². The van der Waals surface area contributed by atoms with Crippen molar-refractivity contribution < 1.29 is 4.42 Å². The van der Waals surface area contributed by atoms with Crippen LogP contribution in [0.15, 0.2) is 39.4 Å². The maximum Gasteiger partial charge on any atom is 0.125 e. The first-order valence-electron chi connectivity index (χ1n) is 4.88. The van der Waals surface area contributed by atoms with Crippen LogP contribution >= 0.6 is 27.5 Å². The van der Waals surface area contributed by atoms with Crippen LogP contribution < -0.4 is 5.32 Å². The minimum absolute atomic E-state index is 0.639. The van der Waals surface area contributed by atoms with Crippen LogP contribution in [0.5, 0.6) is 0 Å². The molecule has 0 saturated carbocycles. The van der Waals surface area contributed by atoms with Crippen molar-refractivity contribution in [3.8, 4) is 0 Å². The van der Waals surface area contributed by atoms with Crippen molar-refractivity contribution in [1.82, 2.24) is 0 Å². The van der Waals surface area contributed by atoms with Crippen molar-refractivity contribution >= 4 is 33.2 Å². The van der Waals surface area contributed by atoms with E-state index < -0.39 is 0 Å². The summed E-state index contributed by atoms with van der Waals surface area (Å²) in [5.74, 6) is 0.930. The molecular formula is C12H11BrClNO. The monoisotopic (exact) mass is 299 g/mol. The van der Waals surface area contributed by atoms with Crippen molar-refractivity contribution in [3.63, 3.8) is 0 Å². The number of rotatable bonds is 3. The zero-order valence-electron chi connectivity index (χ0n) is 8.76. The molecule has 0 atom stereocenters. The Morgan fingerprint density at radius 3 is 2.81 bits per heavy atom. The van der Waals surface area contributed by atoms with E-state index in [1.807, 2.05) is 31.2 Å². The summed E-state index contributed by atoms with van der Waals surface area (Å²) in [6.45, 7) is 2.66. The first kappa shape index (κ1) is 11.6. The fourth-order valence-corrected chi connectivity index (χ4v) is 2.13. The normalized spacial score (nSPS) is 10.4. The summed E-state index contributed by atoms with van der Waals surface area (Å²) in [5.41, 5.74) is 2.04. The number of anilines is 1. The van der Waals surface area contributed by atoms with Gasteiger partial charge in [-0.25, -0.2) is 0 Å². The first-order chi connectivity index (χ1) is 7.66. The Hall–Kier alpha value is -0.930. The standard InChI is InChI=1S/C12H11BrClNO/c1-8-4-5-16-12(8)7-15-11-3-2-9(13)6-10(11)14/h2-6,15H,7H2,1H3. The summed E-state index contributed by atoms with van der Waals surface area (Å²) in [6.07, 6.45) is 1.69. The van der Waals surface area contributed by atoms with Crippen LogP contribution in [0.25, 0.3) is 0 Å². The van der Waals surface area contributed by atoms with E-state index in [4.69, 9.17) is 16.0 Å². The smallest absolute Gasteiger partial charge is 0.125 e. The topological polar surface area (TPSA) is 25.2 Å². The van der Waals surface area contributed by atoms with Gasteiger partial charge in [-0.3, -0.25) is 0 Å². The van der Waals surface area contributed by atoms with Crippen molar-refractivity contribution in [1.29, 1.82) is 0 Å². The van der Waals surface area contributed by atoms with E-state index in [0.29, 0.717) is 11.6 Å². The fraction of sp³-hybridized carbons (Fsp3) is 0.167. The molecule has 2 nitrogen and oxygen atoms in total. The summed E-state index contributed by atoms with van der Waals surface area (Å²) in [5, 5.41) is 3.93. The number of nitrogens with one attached hydrogen (secondary N) is 1. The summed E-state index contributed by atoms with van der Waals surface area (Å²) in [6, 6.07) is 7.69. The molecule has 84 valence electrons. The first-order valence-corrected chi connectivity index (χ1v) is 6.06. The molecule has 0 fully saturated rings. The Kier molecular flexibility index (Phi) is 3.56. The van der Waals surface area contributed by atoms with Gasteiger partial charge in [0.15, 0.2) is 0 Å². The molecule has 1 aromatic carbocycles. The Labute approximate surface area is 108 Å². The third-order valence-corrected chi connectivity index (χ3v) is 3.14. The van der Waals surface area contributed by atoms with Crippen LogP contribution in [0.3, 0.4) is 0 Å². The molecule has 0 bridgehead atoms. The number of halogens is 2. The molecule has 0 aliphatic heterocycles. The quantitative estimate of drug-likeness (QED) is 0.895. The second kappa shape index (κ2) is 4.93. The number of benzene rings is 1. The molecule has 1 N–H and O–H groups in total. The Balaban J connectivity index is 2.08. The second-order valence-corrected chi connectivity index (χ2v) is 4.83. The molecule has 2 rings (SSSR count). The Morgan fingerprint density at radius 2 is 2.19 bits per heavy atom. The van der Waals surface area contributed by atoms with Crippen LogP contribution in [0.1, 0.15) is 11.3 Å². The SMILES string of the molecule is Cc1ccoc1CNc1ccc(Br)cc1Cl. The van der Waals surface area contributed by atoms with Gasteiger partial charge in [0.1, 0.15) is 5.76 Å². The van der Waals surface area contributed by atoms with E-state index in [2.05, 4.69) is 21.2 Å². The van der Waals surface area contributed by atoms with Crippen molar-refractivity contribution in [2.75, 3.05) is 5.32 Å². The fourth-order valence-electron chi connectivity index (χ4n) is 1.39. The maximum atomic E-state index is 6.09. The lowest BCUT2D eigenvalue weighted by Gasteiger charge is -2.07. The van der Waals surface area contributed by atoms with Gasteiger partial charge >= 0.3 is 0 Å². The molecule has 1 aromatic heterocycles. The third-order valence-electron chi connectivity index (χ3n) is 2.34. The predicted molar refractivity (Wildman–Crippen MR) is 69.9 cm³/mol. The summed E-state index contributed by atoms with van der Waals surface area (Å²) >= 11 is 9.45. The van der Waals surface area contributed by atoms with E-state index in [1.54, 1.807) is 6.26 Å². The molecular weight excluding hydrogens is 289 g/mol. The highest BCUT2D eigenvalue weighted by atomic mass is 79.9. The molecule has 0 radical (unpaired) electrons. The zero-order chi connectivity index (χ0) is 11.5. The molecule has 1 heterocycles. The van der Waals surface area contributed by atoms with Crippen LogP contribution in [0, 0.1) is 6.92 Å². The van der Waals surface area contributed by atoms with Crippen molar-refractivity contribution in [2.45, 2.75) is 13.5 Å². The van der Waals surface area contributed by atoms with Crippen LogP contribution in [0.2, 0.25) is 5.02 Å². The molecule has 0 spiro atoms. The van der Waals surface area contributed by atoms with E-state index in [0.717, 1.165) is 21.5 Å². The average molecular weight is 301 g/mol.